The van der Waals surface area contributed by atoms with Crippen LogP contribution in [0.25, 0.3) is 66.1 Å². The Bertz CT molecular complexity index is 3270. The van der Waals surface area contributed by atoms with Crippen molar-refractivity contribution >= 4 is 38.6 Å². The molecule has 0 atom stereocenters. The first-order valence-corrected chi connectivity index (χ1v) is 21.5. The molecule has 3 aliphatic carbocycles. The quantitative estimate of drug-likeness (QED) is 0.172. The number of rotatable bonds is 4. The number of benzene rings is 9. The van der Waals surface area contributed by atoms with Crippen LogP contribution in [0.4, 0.5) is 17.1 Å². The van der Waals surface area contributed by atoms with Gasteiger partial charge >= 0.3 is 0 Å². The van der Waals surface area contributed by atoms with E-state index in [-0.39, 0.29) is 16.2 Å². The third-order valence-electron chi connectivity index (χ3n) is 14.6. The lowest BCUT2D eigenvalue weighted by atomic mass is 9.79. The summed E-state index contributed by atoms with van der Waals surface area (Å²) in [6.45, 7) is 14.4. The van der Waals surface area contributed by atoms with E-state index < -0.39 is 0 Å². The van der Waals surface area contributed by atoms with Gasteiger partial charge in [-0.2, -0.15) is 0 Å². The number of anilines is 3. The lowest BCUT2D eigenvalue weighted by Gasteiger charge is -2.28. The highest BCUT2D eigenvalue weighted by Crippen LogP contribution is 2.57. The van der Waals surface area contributed by atoms with Crippen molar-refractivity contribution in [1.82, 2.24) is 0 Å². The fourth-order valence-electron chi connectivity index (χ4n) is 11.2. The Kier molecular flexibility index (Phi) is 7.16. The summed E-state index contributed by atoms with van der Waals surface area (Å²) in [4.78, 5) is 2.45. The zero-order valence-electron chi connectivity index (χ0n) is 35.2. The number of nitrogens with zero attached hydrogens (tertiary/aromatic N) is 1. The molecule has 0 aromatic heterocycles. The topological polar surface area (TPSA) is 3.24 Å². The van der Waals surface area contributed by atoms with Gasteiger partial charge in [-0.1, -0.05) is 145 Å². The predicted octanol–water partition coefficient (Wildman–Crippen LogP) is 16.0. The molecule has 9 aromatic rings. The highest BCUT2D eigenvalue weighted by molar-refractivity contribution is 6.00. The first-order valence-electron chi connectivity index (χ1n) is 21.5. The van der Waals surface area contributed by atoms with Gasteiger partial charge < -0.3 is 4.90 Å². The molecule has 0 radical (unpaired) electrons. The van der Waals surface area contributed by atoms with E-state index in [1.54, 1.807) is 0 Å². The van der Waals surface area contributed by atoms with Gasteiger partial charge in [-0.15, -0.1) is 0 Å². The second-order valence-corrected chi connectivity index (χ2v) is 19.0. The van der Waals surface area contributed by atoms with Crippen LogP contribution in [0, 0.1) is 0 Å². The van der Waals surface area contributed by atoms with Gasteiger partial charge in [0.2, 0.25) is 0 Å². The number of hydrogen-bond donors (Lipinski definition) is 0. The van der Waals surface area contributed by atoms with Crippen molar-refractivity contribution in [2.24, 2.45) is 0 Å². The maximum atomic E-state index is 2.54. The molecule has 12 rings (SSSR count). The SMILES string of the molecule is CC1(C)c2ccccc2-c2ccc(N(c3ccc(-c4ccccc4)cc3)c3ccc4cc5c(cc4c3)C(C)(C)c3cc4c(cc3-5)C(C)(C)c3cc5ccccc5cc3-4)cc21. The van der Waals surface area contributed by atoms with Crippen LogP contribution in [0.1, 0.15) is 74.9 Å². The molecule has 0 bridgehead atoms. The number of hydrogen-bond acceptors (Lipinski definition) is 1. The molecule has 1 nitrogen and oxygen atoms in total. The van der Waals surface area contributed by atoms with Gasteiger partial charge in [0.15, 0.2) is 0 Å². The summed E-state index contributed by atoms with van der Waals surface area (Å²) >= 11 is 0. The third kappa shape index (κ3) is 4.87. The highest BCUT2D eigenvalue weighted by atomic mass is 15.1. The van der Waals surface area contributed by atoms with E-state index in [1.807, 2.05) is 0 Å². The Morgan fingerprint density at radius 2 is 0.700 bits per heavy atom. The molecule has 3 aliphatic rings. The molecule has 0 amide bonds. The Morgan fingerprint density at radius 1 is 0.267 bits per heavy atom. The van der Waals surface area contributed by atoms with Crippen molar-refractivity contribution in [3.63, 3.8) is 0 Å². The summed E-state index contributed by atoms with van der Waals surface area (Å²) < 4.78 is 0. The van der Waals surface area contributed by atoms with E-state index in [1.165, 1.54) is 105 Å². The maximum Gasteiger partial charge on any atom is 0.0468 e. The molecule has 9 aromatic carbocycles. The third-order valence-corrected chi connectivity index (χ3v) is 14.6. The molecular formula is C59H47N. The van der Waals surface area contributed by atoms with Crippen LogP contribution >= 0.6 is 0 Å². The smallest absolute Gasteiger partial charge is 0.0468 e. The Balaban J connectivity index is 0.993. The lowest BCUT2D eigenvalue weighted by Crippen LogP contribution is -2.17. The zero-order valence-corrected chi connectivity index (χ0v) is 35.2. The Morgan fingerprint density at radius 3 is 1.38 bits per heavy atom. The molecule has 1 heteroatoms. The predicted molar refractivity (Wildman–Crippen MR) is 254 cm³/mol. The minimum Gasteiger partial charge on any atom is -0.310 e. The van der Waals surface area contributed by atoms with Crippen LogP contribution in [-0.4, -0.2) is 0 Å². The van der Waals surface area contributed by atoms with Gasteiger partial charge in [0, 0.05) is 33.3 Å². The summed E-state index contributed by atoms with van der Waals surface area (Å²) in [5, 5.41) is 5.14. The highest BCUT2D eigenvalue weighted by Gasteiger charge is 2.42. The fraction of sp³-hybridized carbons (Fsp3) is 0.153. The molecule has 0 heterocycles. The minimum atomic E-state index is -0.152. The van der Waals surface area contributed by atoms with Gasteiger partial charge in [0.25, 0.3) is 0 Å². The first kappa shape index (κ1) is 35.3. The molecule has 0 fully saturated rings. The Labute approximate surface area is 353 Å². The molecule has 0 N–H and O–H groups in total. The van der Waals surface area contributed by atoms with Gasteiger partial charge in [0.05, 0.1) is 0 Å². The van der Waals surface area contributed by atoms with E-state index in [2.05, 4.69) is 222 Å². The summed E-state index contributed by atoms with van der Waals surface area (Å²) in [5.74, 6) is 0. The van der Waals surface area contributed by atoms with E-state index >= 15 is 0 Å². The standard InChI is InChI=1S/C59H47N/c1-57(2)51-19-13-12-18-45(51)46-27-26-44(33-54(46)57)60(42-23-20-37(21-24-42)36-14-8-7-9-15-36)43-25-22-40-30-48-50-35-55-49(34-56(50)59(5,6)53(48)32-41(40)28-43)47-29-38-16-10-11-17-39(38)31-52(47)58(55,3)4/h7-35H,1-6H3. The molecule has 0 saturated heterocycles. The molecule has 0 spiro atoms. The average Bonchev–Trinajstić information content (AvgIpc) is 3.73. The van der Waals surface area contributed by atoms with Crippen molar-refractivity contribution in [3.8, 4) is 44.5 Å². The normalized spacial score (nSPS) is 15.6. The summed E-state index contributed by atoms with van der Waals surface area (Å²) in [7, 11) is 0. The first-order chi connectivity index (χ1) is 29.0. The van der Waals surface area contributed by atoms with Crippen molar-refractivity contribution in [2.75, 3.05) is 4.90 Å². The molecule has 0 unspecified atom stereocenters. The van der Waals surface area contributed by atoms with Gasteiger partial charge in [-0.3, -0.25) is 0 Å². The van der Waals surface area contributed by atoms with Crippen LogP contribution in [-0.2, 0) is 16.2 Å². The van der Waals surface area contributed by atoms with Crippen molar-refractivity contribution in [3.05, 3.63) is 209 Å². The summed E-state index contributed by atoms with van der Waals surface area (Å²) in [6, 6.07) is 66.5. The minimum absolute atomic E-state index is 0.0826. The van der Waals surface area contributed by atoms with Crippen LogP contribution in [0.15, 0.2) is 176 Å². The van der Waals surface area contributed by atoms with Gasteiger partial charge in [-0.25, -0.2) is 0 Å². The molecule has 0 saturated carbocycles. The van der Waals surface area contributed by atoms with E-state index in [9.17, 15) is 0 Å². The zero-order chi connectivity index (χ0) is 40.7. The van der Waals surface area contributed by atoms with E-state index in [0.717, 1.165) is 11.4 Å². The monoisotopic (exact) mass is 769 g/mol. The lowest BCUT2D eigenvalue weighted by molar-refractivity contribution is 0.653. The van der Waals surface area contributed by atoms with Gasteiger partial charge in [-0.05, 0) is 172 Å². The van der Waals surface area contributed by atoms with Crippen LogP contribution < -0.4 is 4.90 Å². The summed E-state index contributed by atoms with van der Waals surface area (Å²) in [6.07, 6.45) is 0. The van der Waals surface area contributed by atoms with Crippen molar-refractivity contribution < 1.29 is 0 Å². The summed E-state index contributed by atoms with van der Waals surface area (Å²) in [5.41, 5.74) is 22.2. The van der Waals surface area contributed by atoms with Crippen LogP contribution in [0.5, 0.6) is 0 Å². The van der Waals surface area contributed by atoms with Crippen LogP contribution in [0.2, 0.25) is 0 Å². The van der Waals surface area contributed by atoms with E-state index in [0.29, 0.717) is 0 Å². The molecule has 0 aliphatic heterocycles. The second-order valence-electron chi connectivity index (χ2n) is 19.0. The molecular weight excluding hydrogens is 723 g/mol. The largest absolute Gasteiger partial charge is 0.310 e. The van der Waals surface area contributed by atoms with Crippen molar-refractivity contribution in [1.29, 1.82) is 0 Å². The Hall–Kier alpha value is -6.70. The molecule has 60 heavy (non-hydrogen) atoms. The average molecular weight is 770 g/mol. The van der Waals surface area contributed by atoms with Crippen LogP contribution in [0.3, 0.4) is 0 Å². The fourth-order valence-corrected chi connectivity index (χ4v) is 11.2. The molecule has 288 valence electrons. The van der Waals surface area contributed by atoms with Crippen molar-refractivity contribution in [2.45, 2.75) is 57.8 Å². The second kappa shape index (κ2) is 12.2. The maximum absolute atomic E-state index is 2.54. The van der Waals surface area contributed by atoms with E-state index in [4.69, 9.17) is 0 Å². The number of fused-ring (bicyclic) bond motifs is 11. The van der Waals surface area contributed by atoms with Gasteiger partial charge in [0.1, 0.15) is 0 Å².